The molecule has 0 aliphatic carbocycles. The van der Waals surface area contributed by atoms with E-state index in [1.807, 2.05) is 47.8 Å². The lowest BCUT2D eigenvalue weighted by Gasteiger charge is -2.28. The fourth-order valence-electron chi connectivity index (χ4n) is 2.45. The van der Waals surface area contributed by atoms with Gasteiger partial charge in [-0.2, -0.15) is 23.5 Å². The van der Waals surface area contributed by atoms with Crippen molar-refractivity contribution in [2.75, 3.05) is 11.5 Å². The summed E-state index contributed by atoms with van der Waals surface area (Å²) in [7, 11) is 0. The molecule has 4 heteroatoms. The van der Waals surface area contributed by atoms with Crippen molar-refractivity contribution in [1.29, 1.82) is 0 Å². The average Bonchev–Trinajstić information content (AvgIpc) is 2.52. The maximum Gasteiger partial charge on any atom is 0.0472 e. The maximum atomic E-state index is 6.47. The molecule has 0 heterocycles. The summed E-state index contributed by atoms with van der Waals surface area (Å²) < 4.78 is 0. The molecule has 0 N–H and O–H groups in total. The zero-order valence-corrected chi connectivity index (χ0v) is 15.9. The van der Waals surface area contributed by atoms with Crippen LogP contribution in [0.5, 0.6) is 0 Å². The van der Waals surface area contributed by atoms with Gasteiger partial charge >= 0.3 is 0 Å². The van der Waals surface area contributed by atoms with Gasteiger partial charge in [-0.25, -0.2) is 0 Å². The molecule has 0 unspecified atom stereocenters. The first-order chi connectivity index (χ1) is 10.7. The van der Waals surface area contributed by atoms with Crippen LogP contribution in [-0.2, 0) is 0 Å². The fraction of sp³-hybridized carbons (Fsp3) is 0.333. The third-order valence-electron chi connectivity index (χ3n) is 3.39. The molecular formula is C18H20Cl2S2. The highest BCUT2D eigenvalue weighted by Gasteiger charge is 2.27. The number of halogens is 2. The number of rotatable bonds is 7. The van der Waals surface area contributed by atoms with Gasteiger partial charge in [0.1, 0.15) is 0 Å². The Morgan fingerprint density at radius 1 is 0.727 bits per heavy atom. The second-order valence-electron chi connectivity index (χ2n) is 4.79. The summed E-state index contributed by atoms with van der Waals surface area (Å²) in [5.41, 5.74) is 2.39. The van der Waals surface area contributed by atoms with Crippen molar-refractivity contribution in [2.45, 2.75) is 24.3 Å². The summed E-state index contributed by atoms with van der Waals surface area (Å²) in [6.07, 6.45) is 0. The number of hydrogen-bond acceptors (Lipinski definition) is 2. The van der Waals surface area contributed by atoms with Gasteiger partial charge < -0.3 is 0 Å². The first-order valence-electron chi connectivity index (χ1n) is 7.41. The molecule has 0 amide bonds. The summed E-state index contributed by atoms with van der Waals surface area (Å²) in [6.45, 7) is 4.38. The third kappa shape index (κ3) is 4.38. The van der Waals surface area contributed by atoms with Crippen LogP contribution in [0.2, 0.25) is 10.0 Å². The van der Waals surface area contributed by atoms with E-state index in [9.17, 15) is 0 Å². The Morgan fingerprint density at radius 3 is 1.41 bits per heavy atom. The van der Waals surface area contributed by atoms with Gasteiger partial charge in [-0.1, -0.05) is 73.4 Å². The van der Waals surface area contributed by atoms with Gasteiger partial charge in [0, 0.05) is 20.5 Å². The lowest BCUT2D eigenvalue weighted by atomic mass is 10.0. The number of benzene rings is 2. The van der Waals surface area contributed by atoms with Gasteiger partial charge in [-0.3, -0.25) is 0 Å². The molecule has 22 heavy (non-hydrogen) atoms. The molecule has 0 nitrogen and oxygen atoms in total. The van der Waals surface area contributed by atoms with Gasteiger partial charge in [0.05, 0.1) is 0 Å². The molecule has 0 aliphatic heterocycles. The van der Waals surface area contributed by atoms with E-state index in [1.54, 1.807) is 0 Å². The van der Waals surface area contributed by atoms with Gasteiger partial charge in [-0.05, 0) is 34.8 Å². The molecule has 118 valence electrons. The Morgan fingerprint density at radius 2 is 1.09 bits per heavy atom. The van der Waals surface area contributed by atoms with Crippen LogP contribution in [-0.4, -0.2) is 11.5 Å². The fourth-order valence-corrected chi connectivity index (χ4v) is 5.69. The smallest absolute Gasteiger partial charge is 0.0472 e. The lowest BCUT2D eigenvalue weighted by Crippen LogP contribution is -2.08. The van der Waals surface area contributed by atoms with Crippen LogP contribution in [0.4, 0.5) is 0 Å². The Hall–Kier alpha value is -0.280. The van der Waals surface area contributed by atoms with E-state index >= 15 is 0 Å². The molecule has 0 spiro atoms. The molecule has 0 bridgehead atoms. The van der Waals surface area contributed by atoms with Crippen LogP contribution in [0, 0.1) is 0 Å². The highest BCUT2D eigenvalue weighted by molar-refractivity contribution is 8.03. The molecule has 0 aliphatic rings. The molecule has 2 aromatic carbocycles. The van der Waals surface area contributed by atoms with Crippen LogP contribution < -0.4 is 0 Å². The van der Waals surface area contributed by atoms with Gasteiger partial charge in [0.2, 0.25) is 0 Å². The zero-order valence-electron chi connectivity index (χ0n) is 12.8. The average molecular weight is 371 g/mol. The van der Waals surface area contributed by atoms with Gasteiger partial charge in [0.15, 0.2) is 0 Å². The van der Waals surface area contributed by atoms with Crippen LogP contribution in [0.15, 0.2) is 48.5 Å². The molecule has 0 saturated carbocycles. The summed E-state index contributed by atoms with van der Waals surface area (Å²) in [5.74, 6) is 2.09. The van der Waals surface area contributed by atoms with E-state index in [-0.39, 0.29) is 0 Å². The van der Waals surface area contributed by atoms with Crippen molar-refractivity contribution in [2.24, 2.45) is 0 Å². The minimum atomic E-state index is 0.295. The SMILES string of the molecule is CCS[C@H](c1ccccc1Cl)[C@H](SCC)c1ccccc1Cl. The summed E-state index contributed by atoms with van der Waals surface area (Å²) in [5, 5.41) is 2.26. The first kappa shape index (κ1) is 18.1. The predicted octanol–water partition coefficient (Wildman–Crippen LogP) is 7.28. The Bertz CT molecular complexity index is 548. The summed E-state index contributed by atoms with van der Waals surface area (Å²) in [4.78, 5) is 0. The second kappa shape index (κ2) is 9.12. The van der Waals surface area contributed by atoms with Crippen molar-refractivity contribution in [3.05, 3.63) is 69.7 Å². The minimum Gasteiger partial charge on any atom is -0.152 e. The largest absolute Gasteiger partial charge is 0.152 e. The number of hydrogen-bond donors (Lipinski definition) is 0. The van der Waals surface area contributed by atoms with E-state index in [1.165, 1.54) is 11.1 Å². The Labute approximate surface area is 152 Å². The molecule has 2 atom stereocenters. The van der Waals surface area contributed by atoms with Crippen molar-refractivity contribution >= 4 is 46.7 Å². The lowest BCUT2D eigenvalue weighted by molar-refractivity contribution is 0.905. The van der Waals surface area contributed by atoms with Crippen molar-refractivity contribution in [3.63, 3.8) is 0 Å². The summed E-state index contributed by atoms with van der Waals surface area (Å²) >= 11 is 16.8. The van der Waals surface area contributed by atoms with Crippen LogP contribution >= 0.6 is 46.7 Å². The predicted molar refractivity (Wildman–Crippen MR) is 105 cm³/mol. The Balaban J connectivity index is 2.46. The highest BCUT2D eigenvalue weighted by atomic mass is 35.5. The van der Waals surface area contributed by atoms with Crippen LogP contribution in [0.3, 0.4) is 0 Å². The van der Waals surface area contributed by atoms with E-state index in [2.05, 4.69) is 38.1 Å². The van der Waals surface area contributed by atoms with Crippen LogP contribution in [0.1, 0.15) is 35.5 Å². The number of thioether (sulfide) groups is 2. The zero-order chi connectivity index (χ0) is 15.9. The molecule has 0 aromatic heterocycles. The van der Waals surface area contributed by atoms with E-state index < -0.39 is 0 Å². The quantitative estimate of drug-likeness (QED) is 0.501. The first-order valence-corrected chi connectivity index (χ1v) is 10.3. The van der Waals surface area contributed by atoms with Crippen molar-refractivity contribution < 1.29 is 0 Å². The maximum absolute atomic E-state index is 6.47. The van der Waals surface area contributed by atoms with Gasteiger partial charge in [0.25, 0.3) is 0 Å². The molecule has 0 fully saturated rings. The van der Waals surface area contributed by atoms with Crippen molar-refractivity contribution in [1.82, 2.24) is 0 Å². The molecule has 0 radical (unpaired) electrons. The van der Waals surface area contributed by atoms with E-state index in [0.717, 1.165) is 21.6 Å². The molecule has 0 saturated heterocycles. The topological polar surface area (TPSA) is 0 Å². The minimum absolute atomic E-state index is 0.295. The highest BCUT2D eigenvalue weighted by Crippen LogP contribution is 2.50. The van der Waals surface area contributed by atoms with Crippen molar-refractivity contribution in [3.8, 4) is 0 Å². The Kier molecular flexibility index (Phi) is 7.49. The molecule has 2 rings (SSSR count). The second-order valence-corrected chi connectivity index (χ2v) is 8.45. The summed E-state index contributed by atoms with van der Waals surface area (Å²) in [6, 6.07) is 16.3. The molecule has 2 aromatic rings. The monoisotopic (exact) mass is 370 g/mol. The van der Waals surface area contributed by atoms with E-state index in [4.69, 9.17) is 23.2 Å². The van der Waals surface area contributed by atoms with Gasteiger partial charge in [-0.15, -0.1) is 0 Å². The van der Waals surface area contributed by atoms with Crippen LogP contribution in [0.25, 0.3) is 0 Å². The normalized spacial score (nSPS) is 13.8. The third-order valence-corrected chi connectivity index (χ3v) is 6.69. The standard InChI is InChI=1S/C18H20Cl2S2/c1-3-21-17(13-9-5-7-11-15(13)19)18(22-4-2)14-10-6-8-12-16(14)20/h5-12,17-18H,3-4H2,1-2H3/t17-,18-/m1/s1. The van der Waals surface area contributed by atoms with E-state index in [0.29, 0.717) is 10.5 Å². The molecular weight excluding hydrogens is 351 g/mol.